The fourth-order valence-electron chi connectivity index (χ4n) is 2.81. The van der Waals surface area contributed by atoms with Gasteiger partial charge in [-0.2, -0.15) is 17.5 Å². The summed E-state index contributed by atoms with van der Waals surface area (Å²) < 4.78 is 63.0. The van der Waals surface area contributed by atoms with E-state index in [-0.39, 0.29) is 43.0 Å². The van der Waals surface area contributed by atoms with Gasteiger partial charge in [-0.25, -0.2) is 8.42 Å². The third-order valence-electron chi connectivity index (χ3n) is 4.34. The average molecular weight is 523 g/mol. The highest BCUT2D eigenvalue weighted by molar-refractivity contribution is 14.0. The summed E-state index contributed by atoms with van der Waals surface area (Å²) >= 11 is 0. The molecule has 0 aromatic carbocycles. The third kappa shape index (κ3) is 6.52. The molecule has 1 aliphatic heterocycles. The Bertz CT molecular complexity index is 728. The Balaban J connectivity index is 0.00000364. The Labute approximate surface area is 174 Å². The Morgan fingerprint density at radius 1 is 1.30 bits per heavy atom. The van der Waals surface area contributed by atoms with Crippen molar-refractivity contribution in [2.24, 2.45) is 18.0 Å². The monoisotopic (exact) mass is 523 g/mol. The van der Waals surface area contributed by atoms with Crippen molar-refractivity contribution in [3.63, 3.8) is 0 Å². The lowest BCUT2D eigenvalue weighted by atomic mass is 9.98. The van der Waals surface area contributed by atoms with Crippen molar-refractivity contribution in [1.29, 1.82) is 0 Å². The van der Waals surface area contributed by atoms with Crippen LogP contribution >= 0.6 is 24.0 Å². The molecule has 1 aliphatic rings. The lowest BCUT2D eigenvalue weighted by Gasteiger charge is -2.31. The molecule has 0 spiro atoms. The fraction of sp³-hybridized carbons (Fsp3) is 0.667. The van der Waals surface area contributed by atoms with Crippen molar-refractivity contribution >= 4 is 40.0 Å². The molecule has 0 saturated carbocycles. The molecule has 1 aromatic rings. The number of aromatic nitrogens is 1. The molecular weight excluding hydrogens is 498 g/mol. The molecule has 2 rings (SSSR count). The molecule has 0 atom stereocenters. The van der Waals surface area contributed by atoms with E-state index in [1.807, 2.05) is 30.1 Å². The van der Waals surface area contributed by atoms with E-state index in [1.165, 1.54) is 0 Å². The van der Waals surface area contributed by atoms with Crippen molar-refractivity contribution in [3.05, 3.63) is 24.0 Å². The Morgan fingerprint density at radius 3 is 2.41 bits per heavy atom. The molecule has 0 amide bonds. The van der Waals surface area contributed by atoms with Gasteiger partial charge in [0.15, 0.2) is 5.96 Å². The molecule has 1 aromatic heterocycles. The zero-order valence-corrected chi connectivity index (χ0v) is 18.3. The normalized spacial score (nSPS) is 17.4. The van der Waals surface area contributed by atoms with E-state index in [4.69, 9.17) is 0 Å². The quantitative estimate of drug-likeness (QED) is 0.351. The van der Waals surface area contributed by atoms with E-state index in [2.05, 4.69) is 15.6 Å². The van der Waals surface area contributed by atoms with Gasteiger partial charge in [-0.3, -0.25) is 4.99 Å². The van der Waals surface area contributed by atoms with Gasteiger partial charge in [0.05, 0.1) is 0 Å². The van der Waals surface area contributed by atoms with Crippen LogP contribution in [-0.2, 0) is 23.6 Å². The molecule has 2 heterocycles. The van der Waals surface area contributed by atoms with Gasteiger partial charge in [-0.15, -0.1) is 24.0 Å². The van der Waals surface area contributed by atoms with Crippen LogP contribution in [0.3, 0.4) is 0 Å². The summed E-state index contributed by atoms with van der Waals surface area (Å²) in [7, 11) is -1.65. The number of hydrogen-bond acceptors (Lipinski definition) is 3. The fourth-order valence-corrected chi connectivity index (χ4v) is 3.80. The predicted molar refractivity (Wildman–Crippen MR) is 108 cm³/mol. The van der Waals surface area contributed by atoms with Crippen molar-refractivity contribution in [2.45, 2.75) is 24.9 Å². The van der Waals surface area contributed by atoms with Crippen LogP contribution < -0.4 is 10.6 Å². The second kappa shape index (κ2) is 9.96. The molecule has 0 radical (unpaired) electrons. The van der Waals surface area contributed by atoms with E-state index < -0.39 is 15.5 Å². The Morgan fingerprint density at radius 2 is 1.93 bits per heavy atom. The summed E-state index contributed by atoms with van der Waals surface area (Å²) in [6.07, 6.45) is 4.67. The summed E-state index contributed by atoms with van der Waals surface area (Å²) in [6, 6.07) is 1.98. The Hall–Kier alpha value is -1.02. The molecule has 0 bridgehead atoms. The van der Waals surface area contributed by atoms with Gasteiger partial charge in [0.2, 0.25) is 0 Å². The van der Waals surface area contributed by atoms with Crippen molar-refractivity contribution in [2.75, 3.05) is 26.7 Å². The zero-order chi connectivity index (χ0) is 19.4. The molecule has 0 aliphatic carbocycles. The second-order valence-corrected chi connectivity index (χ2v) is 8.21. The van der Waals surface area contributed by atoms with E-state index in [1.54, 1.807) is 7.05 Å². The first kappa shape index (κ1) is 24.0. The summed E-state index contributed by atoms with van der Waals surface area (Å²) in [4.78, 5) is 4.11. The van der Waals surface area contributed by atoms with Gasteiger partial charge in [-0.1, -0.05) is 0 Å². The van der Waals surface area contributed by atoms with Crippen LogP contribution in [0.15, 0.2) is 23.5 Å². The number of rotatable bonds is 5. The molecule has 0 unspecified atom stereocenters. The number of hydrogen-bond donors (Lipinski definition) is 2. The number of guanidine groups is 1. The van der Waals surface area contributed by atoms with Crippen molar-refractivity contribution in [3.8, 4) is 0 Å². The number of aliphatic imine (C=N–C) groups is 1. The Kier molecular flexibility index (Phi) is 8.86. The first-order chi connectivity index (χ1) is 12.1. The number of halogens is 4. The van der Waals surface area contributed by atoms with Crippen molar-refractivity contribution < 1.29 is 21.6 Å². The number of sulfonamides is 1. The SMILES string of the molecule is CN=C(NCc1ccn(C)c1)NCC1CCN(S(=O)(=O)C(F)(F)F)CC1.I. The number of nitrogens with one attached hydrogen (secondary N) is 2. The molecule has 27 heavy (non-hydrogen) atoms. The van der Waals surface area contributed by atoms with E-state index in [0.717, 1.165) is 5.56 Å². The maximum absolute atomic E-state index is 12.6. The zero-order valence-electron chi connectivity index (χ0n) is 15.2. The van der Waals surface area contributed by atoms with Crippen LogP contribution in [0.1, 0.15) is 18.4 Å². The number of aryl methyl sites for hydroxylation is 1. The highest BCUT2D eigenvalue weighted by Gasteiger charge is 2.50. The number of piperidine rings is 1. The summed E-state index contributed by atoms with van der Waals surface area (Å²) in [5, 5.41) is 6.30. The van der Waals surface area contributed by atoms with Crippen LogP contribution in [-0.4, -0.2) is 55.4 Å². The topological polar surface area (TPSA) is 78.7 Å². The molecule has 1 saturated heterocycles. The van der Waals surface area contributed by atoms with Gasteiger partial charge in [0.25, 0.3) is 0 Å². The minimum absolute atomic E-state index is 0. The van der Waals surface area contributed by atoms with Gasteiger partial charge >= 0.3 is 15.5 Å². The van der Waals surface area contributed by atoms with Crippen molar-refractivity contribution in [1.82, 2.24) is 19.5 Å². The first-order valence-corrected chi connectivity index (χ1v) is 9.69. The summed E-state index contributed by atoms with van der Waals surface area (Å²) in [6.45, 7) is 0.881. The number of nitrogens with zero attached hydrogens (tertiary/aromatic N) is 3. The smallest absolute Gasteiger partial charge is 0.357 e. The molecule has 12 heteroatoms. The molecular formula is C15H25F3IN5O2S. The minimum Gasteiger partial charge on any atom is -0.357 e. The van der Waals surface area contributed by atoms with Gasteiger partial charge in [0, 0.05) is 52.7 Å². The lowest BCUT2D eigenvalue weighted by Crippen LogP contribution is -2.47. The maximum Gasteiger partial charge on any atom is 0.511 e. The third-order valence-corrected chi connectivity index (χ3v) is 5.97. The largest absolute Gasteiger partial charge is 0.511 e. The predicted octanol–water partition coefficient (Wildman–Crippen LogP) is 1.87. The van der Waals surface area contributed by atoms with E-state index in [0.29, 0.717) is 36.2 Å². The standard InChI is InChI=1S/C15H24F3N5O2S.HI/c1-19-14(21-10-13-3-6-22(2)11-13)20-9-12-4-7-23(8-5-12)26(24,25)15(16,17)18;/h3,6,11-12H,4-5,7-10H2,1-2H3,(H2,19,20,21);1H. The minimum atomic E-state index is -5.23. The molecule has 156 valence electrons. The van der Waals surface area contributed by atoms with Gasteiger partial charge in [-0.05, 0) is 30.4 Å². The summed E-state index contributed by atoms with van der Waals surface area (Å²) in [5.74, 6) is 0.684. The van der Waals surface area contributed by atoms with Gasteiger partial charge < -0.3 is 15.2 Å². The molecule has 1 fully saturated rings. The van der Waals surface area contributed by atoms with Crippen LogP contribution in [0.4, 0.5) is 13.2 Å². The van der Waals surface area contributed by atoms with Crippen LogP contribution in [0.5, 0.6) is 0 Å². The van der Waals surface area contributed by atoms with Crippen LogP contribution in [0.25, 0.3) is 0 Å². The second-order valence-electron chi connectivity index (χ2n) is 6.29. The average Bonchev–Trinajstić information content (AvgIpc) is 3.00. The molecule has 7 nitrogen and oxygen atoms in total. The van der Waals surface area contributed by atoms with Crippen LogP contribution in [0, 0.1) is 5.92 Å². The highest BCUT2D eigenvalue weighted by Crippen LogP contribution is 2.30. The van der Waals surface area contributed by atoms with Crippen LogP contribution in [0.2, 0.25) is 0 Å². The van der Waals surface area contributed by atoms with E-state index in [9.17, 15) is 21.6 Å². The first-order valence-electron chi connectivity index (χ1n) is 8.25. The maximum atomic E-state index is 12.6. The number of alkyl halides is 3. The lowest BCUT2D eigenvalue weighted by molar-refractivity contribution is -0.0496. The highest BCUT2D eigenvalue weighted by atomic mass is 127. The summed E-state index contributed by atoms with van der Waals surface area (Å²) in [5.41, 5.74) is -4.14. The van der Waals surface area contributed by atoms with Gasteiger partial charge in [0.1, 0.15) is 0 Å². The van der Waals surface area contributed by atoms with E-state index >= 15 is 0 Å². The molecule has 2 N–H and O–H groups in total.